The van der Waals surface area contributed by atoms with Gasteiger partial charge in [-0.25, -0.2) is 0 Å². The van der Waals surface area contributed by atoms with Gasteiger partial charge in [0.1, 0.15) is 5.92 Å². The van der Waals surface area contributed by atoms with E-state index < -0.39 is 17.9 Å². The van der Waals surface area contributed by atoms with E-state index in [2.05, 4.69) is 5.32 Å². The number of carbonyl (C=O) groups is 2. The zero-order valence-corrected chi connectivity index (χ0v) is 11.0. The van der Waals surface area contributed by atoms with Gasteiger partial charge in [-0.3, -0.25) is 9.59 Å². The van der Waals surface area contributed by atoms with Gasteiger partial charge in [0.2, 0.25) is 0 Å². The topological polar surface area (TPSA) is 75.6 Å². The standard InChI is InChI=1S/C14H17NO4/c1-8-3-9(2)5-10(4-8)13(16)15-12-7-19-6-11(12)14(17)18/h3-5,11-12H,6-7H2,1-2H3,(H,15,16)(H,17,18). The first kappa shape index (κ1) is 13.5. The fraction of sp³-hybridized carbons (Fsp3) is 0.429. The molecule has 1 fully saturated rings. The molecule has 0 radical (unpaired) electrons. The lowest BCUT2D eigenvalue weighted by Crippen LogP contribution is -2.42. The van der Waals surface area contributed by atoms with Crippen molar-refractivity contribution in [3.8, 4) is 0 Å². The summed E-state index contributed by atoms with van der Waals surface area (Å²) in [5.74, 6) is -1.87. The van der Waals surface area contributed by atoms with Crippen molar-refractivity contribution in [1.29, 1.82) is 0 Å². The van der Waals surface area contributed by atoms with Crippen LogP contribution in [0.3, 0.4) is 0 Å². The van der Waals surface area contributed by atoms with Gasteiger partial charge < -0.3 is 15.2 Å². The molecular weight excluding hydrogens is 246 g/mol. The van der Waals surface area contributed by atoms with Gasteiger partial charge in [-0.1, -0.05) is 17.2 Å². The van der Waals surface area contributed by atoms with Crippen molar-refractivity contribution in [1.82, 2.24) is 5.32 Å². The highest BCUT2D eigenvalue weighted by Crippen LogP contribution is 2.15. The number of carboxylic acid groups (broad SMARTS) is 1. The highest BCUT2D eigenvalue weighted by Gasteiger charge is 2.35. The second-order valence-electron chi connectivity index (χ2n) is 4.94. The maximum absolute atomic E-state index is 12.1. The summed E-state index contributed by atoms with van der Waals surface area (Å²) >= 11 is 0. The summed E-state index contributed by atoms with van der Waals surface area (Å²) in [4.78, 5) is 23.1. The molecule has 102 valence electrons. The molecule has 0 bridgehead atoms. The molecule has 19 heavy (non-hydrogen) atoms. The van der Waals surface area contributed by atoms with Gasteiger partial charge in [0.25, 0.3) is 5.91 Å². The van der Waals surface area contributed by atoms with E-state index in [1.165, 1.54) is 0 Å². The van der Waals surface area contributed by atoms with Crippen LogP contribution in [-0.4, -0.2) is 36.2 Å². The van der Waals surface area contributed by atoms with Crippen LogP contribution >= 0.6 is 0 Å². The molecule has 1 saturated heterocycles. The van der Waals surface area contributed by atoms with Gasteiger partial charge in [-0.15, -0.1) is 0 Å². The minimum Gasteiger partial charge on any atom is -0.481 e. The number of carbonyl (C=O) groups excluding carboxylic acids is 1. The van der Waals surface area contributed by atoms with Gasteiger partial charge in [-0.2, -0.15) is 0 Å². The molecule has 2 atom stereocenters. The zero-order chi connectivity index (χ0) is 14.0. The van der Waals surface area contributed by atoms with Crippen LogP contribution < -0.4 is 5.32 Å². The third kappa shape index (κ3) is 3.12. The van der Waals surface area contributed by atoms with Crippen molar-refractivity contribution in [2.75, 3.05) is 13.2 Å². The number of ether oxygens (including phenoxy) is 1. The summed E-state index contributed by atoms with van der Waals surface area (Å²) in [6.45, 7) is 4.23. The van der Waals surface area contributed by atoms with Crippen molar-refractivity contribution < 1.29 is 19.4 Å². The largest absolute Gasteiger partial charge is 0.481 e. The third-order valence-corrected chi connectivity index (χ3v) is 3.20. The van der Waals surface area contributed by atoms with E-state index in [4.69, 9.17) is 9.84 Å². The molecule has 1 aromatic carbocycles. The molecule has 0 aliphatic carbocycles. The van der Waals surface area contributed by atoms with E-state index >= 15 is 0 Å². The number of rotatable bonds is 3. The van der Waals surface area contributed by atoms with E-state index in [9.17, 15) is 9.59 Å². The summed E-state index contributed by atoms with van der Waals surface area (Å²) in [5.41, 5.74) is 2.55. The highest BCUT2D eigenvalue weighted by molar-refractivity contribution is 5.95. The Morgan fingerprint density at radius 1 is 1.21 bits per heavy atom. The van der Waals surface area contributed by atoms with Gasteiger partial charge in [0, 0.05) is 5.56 Å². The quantitative estimate of drug-likeness (QED) is 0.857. The van der Waals surface area contributed by atoms with Gasteiger partial charge in [-0.05, 0) is 26.0 Å². The van der Waals surface area contributed by atoms with E-state index in [0.29, 0.717) is 5.56 Å². The van der Waals surface area contributed by atoms with Crippen molar-refractivity contribution in [3.63, 3.8) is 0 Å². The van der Waals surface area contributed by atoms with E-state index in [0.717, 1.165) is 11.1 Å². The Kier molecular flexibility index (Phi) is 3.85. The van der Waals surface area contributed by atoms with Gasteiger partial charge in [0.05, 0.1) is 19.3 Å². The van der Waals surface area contributed by atoms with Gasteiger partial charge >= 0.3 is 5.97 Å². The number of hydrogen-bond acceptors (Lipinski definition) is 3. The zero-order valence-electron chi connectivity index (χ0n) is 11.0. The number of hydrogen-bond donors (Lipinski definition) is 2. The van der Waals surface area contributed by atoms with Crippen LogP contribution in [0.25, 0.3) is 0 Å². The minimum atomic E-state index is -0.941. The normalized spacial score (nSPS) is 22.2. The van der Waals surface area contributed by atoms with E-state index in [1.54, 1.807) is 12.1 Å². The van der Waals surface area contributed by atoms with Crippen LogP contribution in [0.2, 0.25) is 0 Å². The fourth-order valence-electron chi connectivity index (χ4n) is 2.30. The monoisotopic (exact) mass is 263 g/mol. The maximum atomic E-state index is 12.1. The number of carboxylic acids is 1. The van der Waals surface area contributed by atoms with E-state index in [1.807, 2.05) is 19.9 Å². The number of benzene rings is 1. The minimum absolute atomic E-state index is 0.146. The molecule has 1 aromatic rings. The van der Waals surface area contributed by atoms with Crippen molar-refractivity contribution in [2.24, 2.45) is 5.92 Å². The number of aliphatic carboxylic acids is 1. The lowest BCUT2D eigenvalue weighted by Gasteiger charge is -2.16. The fourth-order valence-corrected chi connectivity index (χ4v) is 2.30. The average molecular weight is 263 g/mol. The van der Waals surface area contributed by atoms with Crippen molar-refractivity contribution in [3.05, 3.63) is 34.9 Å². The molecule has 0 saturated carbocycles. The van der Waals surface area contributed by atoms with Crippen LogP contribution in [-0.2, 0) is 9.53 Å². The third-order valence-electron chi connectivity index (χ3n) is 3.20. The first-order valence-corrected chi connectivity index (χ1v) is 6.17. The predicted molar refractivity (Wildman–Crippen MR) is 69.1 cm³/mol. The Balaban J connectivity index is 2.10. The van der Waals surface area contributed by atoms with Gasteiger partial charge in [0.15, 0.2) is 0 Å². The molecular formula is C14H17NO4. The Labute approximate surface area is 111 Å². The molecule has 2 rings (SSSR count). The average Bonchev–Trinajstić information content (AvgIpc) is 2.75. The summed E-state index contributed by atoms with van der Waals surface area (Å²) in [5, 5.41) is 11.8. The molecule has 1 heterocycles. The van der Waals surface area contributed by atoms with Crippen LogP contribution in [0.15, 0.2) is 18.2 Å². The van der Waals surface area contributed by atoms with Crippen LogP contribution in [0.5, 0.6) is 0 Å². The highest BCUT2D eigenvalue weighted by atomic mass is 16.5. The molecule has 2 N–H and O–H groups in total. The molecule has 5 heteroatoms. The lowest BCUT2D eigenvalue weighted by molar-refractivity contribution is -0.142. The maximum Gasteiger partial charge on any atom is 0.311 e. The predicted octanol–water partition coefficient (Wildman–Crippen LogP) is 1.13. The van der Waals surface area contributed by atoms with Crippen molar-refractivity contribution in [2.45, 2.75) is 19.9 Å². The molecule has 2 unspecified atom stereocenters. The van der Waals surface area contributed by atoms with Crippen molar-refractivity contribution >= 4 is 11.9 Å². The Hall–Kier alpha value is -1.88. The number of aryl methyl sites for hydroxylation is 2. The lowest BCUT2D eigenvalue weighted by atomic mass is 10.0. The first-order valence-electron chi connectivity index (χ1n) is 6.17. The Morgan fingerprint density at radius 3 is 2.42 bits per heavy atom. The molecule has 0 spiro atoms. The molecule has 0 aromatic heterocycles. The van der Waals surface area contributed by atoms with Crippen LogP contribution in [0.4, 0.5) is 0 Å². The summed E-state index contributed by atoms with van der Waals surface area (Å²) < 4.78 is 5.12. The molecule has 1 aliphatic rings. The molecule has 1 aliphatic heterocycles. The second kappa shape index (κ2) is 5.40. The summed E-state index contributed by atoms with van der Waals surface area (Å²) in [6, 6.07) is 5.09. The molecule has 1 amide bonds. The smallest absolute Gasteiger partial charge is 0.311 e. The number of nitrogens with one attached hydrogen (secondary N) is 1. The van der Waals surface area contributed by atoms with E-state index in [-0.39, 0.29) is 19.1 Å². The SMILES string of the molecule is Cc1cc(C)cc(C(=O)NC2COCC2C(=O)O)c1. The Morgan fingerprint density at radius 2 is 1.84 bits per heavy atom. The number of amides is 1. The molecule has 5 nitrogen and oxygen atoms in total. The Bertz CT molecular complexity index is 492. The second-order valence-corrected chi connectivity index (χ2v) is 4.94. The first-order chi connectivity index (χ1) is 8.97. The summed E-state index contributed by atoms with van der Waals surface area (Å²) in [7, 11) is 0. The van der Waals surface area contributed by atoms with Crippen LogP contribution in [0, 0.1) is 19.8 Å². The van der Waals surface area contributed by atoms with Crippen LogP contribution in [0.1, 0.15) is 21.5 Å². The summed E-state index contributed by atoms with van der Waals surface area (Å²) in [6.07, 6.45) is 0.